The lowest BCUT2D eigenvalue weighted by Crippen LogP contribution is -2.34. The van der Waals surface area contributed by atoms with Gasteiger partial charge < -0.3 is 5.32 Å². The van der Waals surface area contributed by atoms with Crippen LogP contribution in [0, 0.1) is 5.82 Å². The number of hydrogen-bond donors (Lipinski definition) is 1. The number of likely N-dealkylation sites (tertiary alicyclic amines) is 1. The number of nitrogens with one attached hydrogen (secondary N) is 1. The fourth-order valence-electron chi connectivity index (χ4n) is 4.10. The van der Waals surface area contributed by atoms with Gasteiger partial charge in [-0.1, -0.05) is 12.1 Å². The molecule has 1 aromatic carbocycles. The summed E-state index contributed by atoms with van der Waals surface area (Å²) < 4.78 is 15.1. The smallest absolute Gasteiger partial charge is 0.216 e. The van der Waals surface area contributed by atoms with Crippen molar-refractivity contribution in [2.45, 2.75) is 38.8 Å². The number of benzene rings is 1. The molecule has 1 saturated heterocycles. The Morgan fingerprint density at radius 2 is 2.10 bits per heavy atom. The van der Waals surface area contributed by atoms with E-state index in [2.05, 4.69) is 21.3 Å². The zero-order valence-electron chi connectivity index (χ0n) is 16.6. The first-order chi connectivity index (χ1) is 14.1. The van der Waals surface area contributed by atoms with Crippen molar-refractivity contribution in [3.05, 3.63) is 59.7 Å². The Morgan fingerprint density at radius 1 is 1.28 bits per heavy atom. The molecule has 7 heteroatoms. The molecule has 1 aliphatic rings. The SMILES string of the molecule is CC(=O)NCCn1nc([C@@H]2CCCN(Cc3ccc(F)cc3)C2)c2cccnc21. The van der Waals surface area contributed by atoms with Gasteiger partial charge in [-0.3, -0.25) is 9.69 Å². The van der Waals surface area contributed by atoms with Crippen molar-refractivity contribution in [2.24, 2.45) is 0 Å². The third kappa shape index (κ3) is 4.62. The zero-order valence-corrected chi connectivity index (χ0v) is 16.6. The number of amides is 1. The molecule has 3 aromatic rings. The maximum absolute atomic E-state index is 13.2. The first-order valence-corrected chi connectivity index (χ1v) is 10.1. The minimum absolute atomic E-state index is 0.0432. The number of aromatic nitrogens is 3. The molecule has 0 bridgehead atoms. The quantitative estimate of drug-likeness (QED) is 0.697. The molecule has 4 rings (SSSR count). The van der Waals surface area contributed by atoms with Crippen LogP contribution >= 0.6 is 0 Å². The predicted molar refractivity (Wildman–Crippen MR) is 110 cm³/mol. The van der Waals surface area contributed by atoms with E-state index < -0.39 is 0 Å². The van der Waals surface area contributed by atoms with E-state index in [1.165, 1.54) is 19.1 Å². The van der Waals surface area contributed by atoms with Crippen LogP contribution in [-0.4, -0.2) is 45.2 Å². The van der Waals surface area contributed by atoms with Crippen LogP contribution in [0.2, 0.25) is 0 Å². The summed E-state index contributed by atoms with van der Waals surface area (Å²) in [7, 11) is 0. The molecule has 0 unspecified atom stereocenters. The second-order valence-corrected chi connectivity index (χ2v) is 7.67. The molecule has 0 radical (unpaired) electrons. The fourth-order valence-corrected chi connectivity index (χ4v) is 4.10. The predicted octanol–water partition coefficient (Wildman–Crippen LogP) is 3.09. The summed E-state index contributed by atoms with van der Waals surface area (Å²) in [4.78, 5) is 18.1. The van der Waals surface area contributed by atoms with Gasteiger partial charge in [-0.05, 0) is 49.2 Å². The topological polar surface area (TPSA) is 63.1 Å². The van der Waals surface area contributed by atoms with Gasteiger partial charge in [-0.25, -0.2) is 14.1 Å². The van der Waals surface area contributed by atoms with Gasteiger partial charge in [0.25, 0.3) is 0 Å². The van der Waals surface area contributed by atoms with Gasteiger partial charge in [0.05, 0.1) is 12.2 Å². The van der Waals surface area contributed by atoms with Gasteiger partial charge in [-0.2, -0.15) is 5.10 Å². The zero-order chi connectivity index (χ0) is 20.2. The number of nitrogens with zero attached hydrogens (tertiary/aromatic N) is 4. The average Bonchev–Trinajstić information content (AvgIpc) is 3.09. The molecule has 1 aliphatic heterocycles. The second kappa shape index (κ2) is 8.69. The van der Waals surface area contributed by atoms with Crippen molar-refractivity contribution in [3.63, 3.8) is 0 Å². The first-order valence-electron chi connectivity index (χ1n) is 10.1. The maximum Gasteiger partial charge on any atom is 0.216 e. The summed E-state index contributed by atoms with van der Waals surface area (Å²) >= 11 is 0. The van der Waals surface area contributed by atoms with Gasteiger partial charge in [0.2, 0.25) is 5.91 Å². The maximum atomic E-state index is 13.2. The van der Waals surface area contributed by atoms with Crippen molar-refractivity contribution in [1.29, 1.82) is 0 Å². The normalized spacial score (nSPS) is 17.5. The van der Waals surface area contributed by atoms with E-state index >= 15 is 0 Å². The third-order valence-electron chi connectivity index (χ3n) is 5.44. The number of rotatable bonds is 6. The van der Waals surface area contributed by atoms with E-state index in [9.17, 15) is 9.18 Å². The number of halogens is 1. The van der Waals surface area contributed by atoms with E-state index in [-0.39, 0.29) is 11.7 Å². The number of fused-ring (bicyclic) bond motifs is 1. The summed E-state index contributed by atoms with van der Waals surface area (Å²) in [5.74, 6) is 0.0883. The van der Waals surface area contributed by atoms with Crippen LogP contribution in [0.1, 0.15) is 36.9 Å². The Labute approximate surface area is 169 Å². The van der Waals surface area contributed by atoms with Crippen LogP contribution in [-0.2, 0) is 17.9 Å². The lowest BCUT2D eigenvalue weighted by atomic mass is 9.93. The molecular weight excluding hydrogens is 369 g/mol. The highest BCUT2D eigenvalue weighted by Crippen LogP contribution is 2.31. The highest BCUT2D eigenvalue weighted by molar-refractivity contribution is 5.79. The number of carbonyl (C=O) groups excluding carboxylic acids is 1. The summed E-state index contributed by atoms with van der Waals surface area (Å²) in [6.45, 7) is 5.42. The van der Waals surface area contributed by atoms with E-state index in [0.29, 0.717) is 19.0 Å². The number of pyridine rings is 1. The Balaban J connectivity index is 1.52. The van der Waals surface area contributed by atoms with Gasteiger partial charge >= 0.3 is 0 Å². The molecule has 1 amide bonds. The molecule has 0 aliphatic carbocycles. The molecule has 0 saturated carbocycles. The standard InChI is InChI=1S/C22H26FN5O/c1-16(29)24-11-13-28-22-20(5-2-10-25-22)21(26-28)18-4-3-12-27(15-18)14-17-6-8-19(23)9-7-17/h2,5-10,18H,3-4,11-15H2,1H3,(H,24,29)/t18-/m1/s1. The summed E-state index contributed by atoms with van der Waals surface area (Å²) in [5.41, 5.74) is 3.07. The highest BCUT2D eigenvalue weighted by Gasteiger charge is 2.26. The summed E-state index contributed by atoms with van der Waals surface area (Å²) in [6, 6.07) is 10.8. The highest BCUT2D eigenvalue weighted by atomic mass is 19.1. The van der Waals surface area contributed by atoms with Gasteiger partial charge in [-0.15, -0.1) is 0 Å². The molecule has 6 nitrogen and oxygen atoms in total. The Morgan fingerprint density at radius 3 is 2.90 bits per heavy atom. The molecular formula is C22H26FN5O. The minimum atomic E-state index is -0.200. The molecule has 0 spiro atoms. The number of carbonyl (C=O) groups is 1. The summed E-state index contributed by atoms with van der Waals surface area (Å²) in [5, 5.41) is 8.80. The van der Waals surface area contributed by atoms with E-state index in [1.54, 1.807) is 6.20 Å². The van der Waals surface area contributed by atoms with Crippen molar-refractivity contribution < 1.29 is 9.18 Å². The van der Waals surface area contributed by atoms with Gasteiger partial charge in [0, 0.05) is 44.1 Å². The van der Waals surface area contributed by atoms with E-state index in [1.807, 2.05) is 22.9 Å². The Hall–Kier alpha value is -2.80. The molecule has 1 fully saturated rings. The lowest BCUT2D eigenvalue weighted by molar-refractivity contribution is -0.118. The molecule has 152 valence electrons. The third-order valence-corrected chi connectivity index (χ3v) is 5.44. The van der Waals surface area contributed by atoms with Crippen LogP contribution in [0.3, 0.4) is 0 Å². The van der Waals surface area contributed by atoms with Gasteiger partial charge in [0.1, 0.15) is 5.82 Å². The molecule has 1 N–H and O–H groups in total. The average molecular weight is 395 g/mol. The van der Waals surface area contributed by atoms with E-state index in [4.69, 9.17) is 5.10 Å². The Bertz CT molecular complexity index is 985. The first kappa shape index (κ1) is 19.5. The number of hydrogen-bond acceptors (Lipinski definition) is 4. The van der Waals surface area contributed by atoms with E-state index in [0.717, 1.165) is 54.8 Å². The van der Waals surface area contributed by atoms with Crippen LogP contribution in [0.15, 0.2) is 42.6 Å². The van der Waals surface area contributed by atoms with Crippen molar-refractivity contribution in [1.82, 2.24) is 25.0 Å². The second-order valence-electron chi connectivity index (χ2n) is 7.67. The lowest BCUT2D eigenvalue weighted by Gasteiger charge is -2.32. The fraction of sp³-hybridized carbons (Fsp3) is 0.409. The van der Waals surface area contributed by atoms with Crippen LogP contribution in [0.25, 0.3) is 11.0 Å². The van der Waals surface area contributed by atoms with Gasteiger partial charge in [0.15, 0.2) is 5.65 Å². The number of piperidine rings is 1. The largest absolute Gasteiger partial charge is 0.354 e. The minimum Gasteiger partial charge on any atom is -0.354 e. The summed E-state index contributed by atoms with van der Waals surface area (Å²) in [6.07, 6.45) is 3.98. The van der Waals surface area contributed by atoms with Crippen LogP contribution in [0.4, 0.5) is 4.39 Å². The van der Waals surface area contributed by atoms with Crippen molar-refractivity contribution in [3.8, 4) is 0 Å². The Kier molecular flexibility index (Phi) is 5.85. The monoisotopic (exact) mass is 395 g/mol. The molecule has 3 heterocycles. The van der Waals surface area contributed by atoms with Crippen LogP contribution in [0.5, 0.6) is 0 Å². The van der Waals surface area contributed by atoms with Crippen molar-refractivity contribution >= 4 is 16.9 Å². The van der Waals surface area contributed by atoms with Crippen molar-refractivity contribution in [2.75, 3.05) is 19.6 Å². The molecule has 1 atom stereocenters. The molecule has 2 aromatic heterocycles. The van der Waals surface area contributed by atoms with Crippen LogP contribution < -0.4 is 5.32 Å². The molecule has 29 heavy (non-hydrogen) atoms.